The van der Waals surface area contributed by atoms with Crippen LogP contribution in [0.25, 0.3) is 0 Å². The minimum Gasteiger partial charge on any atom is -0.353 e. The number of carbonyl (C=O) groups is 1. The third-order valence-electron chi connectivity index (χ3n) is 4.84. The van der Waals surface area contributed by atoms with E-state index < -0.39 is 0 Å². The number of nitrogens with zero attached hydrogens (tertiary/aromatic N) is 2. The van der Waals surface area contributed by atoms with Crippen molar-refractivity contribution in [2.45, 2.75) is 24.6 Å². The highest BCUT2D eigenvalue weighted by Gasteiger charge is 2.23. The maximum atomic E-state index is 12.3. The number of amides is 1. The Morgan fingerprint density at radius 1 is 1.11 bits per heavy atom. The van der Waals surface area contributed by atoms with Crippen LogP contribution in [0.2, 0.25) is 0 Å². The van der Waals surface area contributed by atoms with E-state index in [0.717, 1.165) is 24.4 Å². The molecule has 1 saturated heterocycles. The third kappa shape index (κ3) is 5.85. The fraction of sp³-hybridized carbons (Fsp3) is 0.364. The molecule has 27 heavy (non-hydrogen) atoms. The molecular formula is C22H25N3OS. The van der Waals surface area contributed by atoms with Crippen molar-refractivity contribution in [3.05, 3.63) is 71.3 Å². The number of nitrogens with one attached hydrogen (secondary N) is 1. The third-order valence-corrected chi connectivity index (χ3v) is 5.85. The summed E-state index contributed by atoms with van der Waals surface area (Å²) in [5.41, 5.74) is 3.06. The van der Waals surface area contributed by atoms with Crippen LogP contribution in [0, 0.1) is 11.3 Å². The molecule has 1 heterocycles. The minimum atomic E-state index is 0.0776. The number of thioether (sulfide) groups is 1. The number of nitriles is 1. The Labute approximate surface area is 165 Å². The summed E-state index contributed by atoms with van der Waals surface area (Å²) in [5, 5.41) is 11.9. The summed E-state index contributed by atoms with van der Waals surface area (Å²) in [6.45, 7) is 2.85. The van der Waals surface area contributed by atoms with Gasteiger partial charge in [-0.3, -0.25) is 9.69 Å². The average molecular weight is 380 g/mol. The molecule has 1 N–H and O–H groups in total. The molecule has 0 aromatic heterocycles. The Balaban J connectivity index is 1.46. The molecule has 0 saturated carbocycles. The second-order valence-electron chi connectivity index (χ2n) is 6.78. The molecule has 0 spiro atoms. The number of likely N-dealkylation sites (tertiary alicyclic amines) is 1. The average Bonchev–Trinajstić information content (AvgIpc) is 3.24. The number of hydrogen-bond acceptors (Lipinski definition) is 4. The first-order chi connectivity index (χ1) is 13.3. The second kappa shape index (κ2) is 10.1. The standard InChI is InChI=1S/C22H25N3OS/c23-14-18-8-10-19(11-9-18)16-27-17-22(26)24-15-21(25-12-4-5-13-25)20-6-2-1-3-7-20/h1-3,6-11,21H,4-5,12-13,15-17H2,(H,24,26). The summed E-state index contributed by atoms with van der Waals surface area (Å²) in [6.07, 6.45) is 2.47. The molecule has 3 rings (SSSR count). The maximum absolute atomic E-state index is 12.3. The second-order valence-corrected chi connectivity index (χ2v) is 7.76. The zero-order chi connectivity index (χ0) is 18.9. The molecule has 140 valence electrons. The van der Waals surface area contributed by atoms with Crippen molar-refractivity contribution in [2.75, 3.05) is 25.4 Å². The van der Waals surface area contributed by atoms with Gasteiger partial charge >= 0.3 is 0 Å². The molecule has 0 bridgehead atoms. The van der Waals surface area contributed by atoms with Crippen LogP contribution in [0.5, 0.6) is 0 Å². The molecule has 5 heteroatoms. The lowest BCUT2D eigenvalue weighted by molar-refractivity contribution is -0.118. The van der Waals surface area contributed by atoms with E-state index in [9.17, 15) is 4.79 Å². The van der Waals surface area contributed by atoms with Crippen LogP contribution in [0.1, 0.15) is 35.6 Å². The van der Waals surface area contributed by atoms with E-state index in [4.69, 9.17) is 5.26 Å². The van der Waals surface area contributed by atoms with Crippen molar-refractivity contribution in [2.24, 2.45) is 0 Å². The zero-order valence-electron chi connectivity index (χ0n) is 15.4. The van der Waals surface area contributed by atoms with Crippen LogP contribution in [0.4, 0.5) is 0 Å². The van der Waals surface area contributed by atoms with Crippen LogP contribution < -0.4 is 5.32 Å². The molecular weight excluding hydrogens is 354 g/mol. The predicted octanol–water partition coefficient (Wildman–Crippen LogP) is 3.74. The number of carbonyl (C=O) groups excluding carboxylic acids is 1. The fourth-order valence-corrected chi connectivity index (χ4v) is 4.20. The number of rotatable bonds is 8. The largest absolute Gasteiger partial charge is 0.353 e. The van der Waals surface area contributed by atoms with Crippen LogP contribution in [0.15, 0.2) is 54.6 Å². The lowest BCUT2D eigenvalue weighted by Crippen LogP contribution is -2.37. The van der Waals surface area contributed by atoms with Gasteiger partial charge in [-0.25, -0.2) is 0 Å². The zero-order valence-corrected chi connectivity index (χ0v) is 16.3. The van der Waals surface area contributed by atoms with Crippen molar-refractivity contribution >= 4 is 17.7 Å². The SMILES string of the molecule is N#Cc1ccc(CSCC(=O)NCC(c2ccccc2)N2CCCC2)cc1. The monoisotopic (exact) mass is 379 g/mol. The molecule has 1 aliphatic heterocycles. The van der Waals surface area contributed by atoms with Crippen molar-refractivity contribution in [3.63, 3.8) is 0 Å². The highest BCUT2D eigenvalue weighted by atomic mass is 32.2. The first-order valence-electron chi connectivity index (χ1n) is 9.39. The van der Waals surface area contributed by atoms with Gasteiger partial charge in [-0.1, -0.05) is 42.5 Å². The first kappa shape index (κ1) is 19.5. The Kier molecular flexibility index (Phi) is 7.32. The normalized spacial score (nSPS) is 15.2. The van der Waals surface area contributed by atoms with Crippen LogP contribution in [-0.4, -0.2) is 36.2 Å². The topological polar surface area (TPSA) is 56.1 Å². The van der Waals surface area contributed by atoms with E-state index in [-0.39, 0.29) is 11.9 Å². The molecule has 2 aromatic rings. The van der Waals surface area contributed by atoms with Gasteiger partial charge in [-0.15, -0.1) is 11.8 Å². The molecule has 1 atom stereocenters. The maximum Gasteiger partial charge on any atom is 0.230 e. The number of hydrogen-bond donors (Lipinski definition) is 1. The molecule has 1 unspecified atom stereocenters. The Hall–Kier alpha value is -2.29. The molecule has 1 amide bonds. The molecule has 1 fully saturated rings. The highest BCUT2D eigenvalue weighted by molar-refractivity contribution is 7.99. The van der Waals surface area contributed by atoms with Gasteiger partial charge in [-0.05, 0) is 49.2 Å². The Morgan fingerprint density at radius 3 is 2.48 bits per heavy atom. The van der Waals surface area contributed by atoms with Crippen molar-refractivity contribution in [3.8, 4) is 6.07 Å². The minimum absolute atomic E-state index is 0.0776. The van der Waals surface area contributed by atoms with Crippen LogP contribution >= 0.6 is 11.8 Å². The molecule has 1 aliphatic rings. The van der Waals surface area contributed by atoms with E-state index in [1.807, 2.05) is 30.3 Å². The van der Waals surface area contributed by atoms with E-state index >= 15 is 0 Å². The van der Waals surface area contributed by atoms with Gasteiger partial charge in [0, 0.05) is 12.3 Å². The van der Waals surface area contributed by atoms with Crippen molar-refractivity contribution in [1.82, 2.24) is 10.2 Å². The smallest absolute Gasteiger partial charge is 0.230 e. The fourth-order valence-electron chi connectivity index (χ4n) is 3.38. The van der Waals surface area contributed by atoms with Crippen LogP contribution in [0.3, 0.4) is 0 Å². The first-order valence-corrected chi connectivity index (χ1v) is 10.5. The van der Waals surface area contributed by atoms with Gasteiger partial charge < -0.3 is 5.32 Å². The molecule has 2 aromatic carbocycles. The van der Waals surface area contributed by atoms with Gasteiger partial charge in [0.15, 0.2) is 0 Å². The summed E-state index contributed by atoms with van der Waals surface area (Å²) in [6, 6.07) is 20.3. The Morgan fingerprint density at radius 2 is 1.81 bits per heavy atom. The van der Waals surface area contributed by atoms with Gasteiger partial charge in [0.05, 0.1) is 23.4 Å². The summed E-state index contributed by atoms with van der Waals surface area (Å²) in [7, 11) is 0. The van der Waals surface area contributed by atoms with E-state index in [0.29, 0.717) is 17.9 Å². The van der Waals surface area contributed by atoms with Gasteiger partial charge in [-0.2, -0.15) is 5.26 Å². The van der Waals surface area contributed by atoms with Gasteiger partial charge in [0.1, 0.15) is 0 Å². The predicted molar refractivity (Wildman–Crippen MR) is 110 cm³/mol. The van der Waals surface area contributed by atoms with E-state index in [1.165, 1.54) is 18.4 Å². The lowest BCUT2D eigenvalue weighted by Gasteiger charge is -2.28. The van der Waals surface area contributed by atoms with E-state index in [1.54, 1.807) is 11.8 Å². The Bertz CT molecular complexity index is 764. The summed E-state index contributed by atoms with van der Waals surface area (Å²) >= 11 is 1.60. The van der Waals surface area contributed by atoms with Crippen molar-refractivity contribution < 1.29 is 4.79 Å². The quantitative estimate of drug-likeness (QED) is 0.759. The molecule has 0 radical (unpaired) electrons. The van der Waals surface area contributed by atoms with Crippen LogP contribution in [-0.2, 0) is 10.5 Å². The summed E-state index contributed by atoms with van der Waals surface area (Å²) < 4.78 is 0. The van der Waals surface area contributed by atoms with Gasteiger partial charge in [0.25, 0.3) is 0 Å². The lowest BCUT2D eigenvalue weighted by atomic mass is 10.1. The number of benzene rings is 2. The van der Waals surface area contributed by atoms with Gasteiger partial charge in [0.2, 0.25) is 5.91 Å². The molecule has 4 nitrogen and oxygen atoms in total. The summed E-state index contributed by atoms with van der Waals surface area (Å²) in [5.74, 6) is 1.29. The van der Waals surface area contributed by atoms with E-state index in [2.05, 4.69) is 40.6 Å². The summed E-state index contributed by atoms with van der Waals surface area (Å²) in [4.78, 5) is 14.8. The van der Waals surface area contributed by atoms with Crippen molar-refractivity contribution in [1.29, 1.82) is 5.26 Å². The highest BCUT2D eigenvalue weighted by Crippen LogP contribution is 2.24. The molecule has 0 aliphatic carbocycles.